The fourth-order valence-corrected chi connectivity index (χ4v) is 2.81. The van der Waals surface area contributed by atoms with Crippen LogP contribution in [-0.4, -0.2) is 43.7 Å². The van der Waals surface area contributed by atoms with Crippen LogP contribution in [0.5, 0.6) is 0 Å². The van der Waals surface area contributed by atoms with E-state index in [0.29, 0.717) is 23.5 Å². The smallest absolute Gasteiger partial charge is 0.326 e. The van der Waals surface area contributed by atoms with Crippen molar-refractivity contribution in [2.75, 3.05) is 16.8 Å². The zero-order chi connectivity index (χ0) is 18.2. The highest BCUT2D eigenvalue weighted by molar-refractivity contribution is 7.99. The monoisotopic (exact) mass is 362 g/mol. The number of nitro benzene ring substituents is 1. The number of nitrogens with one attached hydrogen (secondary N) is 1. The number of aliphatic carboxylic acids is 1. The molecule has 0 aliphatic carbocycles. The Kier molecular flexibility index (Phi) is 6.70. The topological polar surface area (TPSA) is 118 Å². The van der Waals surface area contributed by atoms with Crippen molar-refractivity contribution in [3.8, 4) is 11.3 Å². The van der Waals surface area contributed by atoms with Crippen LogP contribution in [-0.2, 0) is 4.79 Å². The molecule has 1 atom stereocenters. The van der Waals surface area contributed by atoms with Crippen molar-refractivity contribution < 1.29 is 14.8 Å². The molecule has 2 rings (SSSR count). The molecular weight excluding hydrogens is 344 g/mol. The predicted octanol–water partition coefficient (Wildman–Crippen LogP) is 3.06. The van der Waals surface area contributed by atoms with Crippen LogP contribution in [0.25, 0.3) is 11.3 Å². The van der Waals surface area contributed by atoms with Gasteiger partial charge >= 0.3 is 5.97 Å². The third-order valence-electron chi connectivity index (χ3n) is 3.39. The van der Waals surface area contributed by atoms with Crippen LogP contribution in [0.2, 0.25) is 0 Å². The van der Waals surface area contributed by atoms with Crippen molar-refractivity contribution in [3.05, 3.63) is 46.5 Å². The van der Waals surface area contributed by atoms with E-state index in [1.807, 2.05) is 6.92 Å². The minimum atomic E-state index is -0.943. The van der Waals surface area contributed by atoms with E-state index in [4.69, 9.17) is 0 Å². The van der Waals surface area contributed by atoms with Crippen LogP contribution in [0.3, 0.4) is 0 Å². The van der Waals surface area contributed by atoms with Crippen LogP contribution >= 0.6 is 11.8 Å². The molecule has 0 radical (unpaired) electrons. The van der Waals surface area contributed by atoms with Gasteiger partial charge in [-0.3, -0.25) is 10.1 Å². The molecular formula is C16H18N4O4S. The number of anilines is 1. The van der Waals surface area contributed by atoms with Gasteiger partial charge in [-0.1, -0.05) is 19.1 Å². The fraction of sp³-hybridized carbons (Fsp3) is 0.312. The van der Waals surface area contributed by atoms with Crippen molar-refractivity contribution in [1.29, 1.82) is 0 Å². The molecule has 0 amide bonds. The Bertz CT molecular complexity index is 739. The molecule has 0 bridgehead atoms. The number of carboxylic acid groups (broad SMARTS) is 1. The molecule has 1 aromatic carbocycles. The highest BCUT2D eigenvalue weighted by Crippen LogP contribution is 2.22. The summed E-state index contributed by atoms with van der Waals surface area (Å²) >= 11 is 1.67. The number of thioether (sulfide) groups is 1. The van der Waals surface area contributed by atoms with Crippen LogP contribution in [0, 0.1) is 10.1 Å². The maximum absolute atomic E-state index is 11.3. The van der Waals surface area contributed by atoms with Gasteiger partial charge in [-0.15, -0.1) is 10.2 Å². The summed E-state index contributed by atoms with van der Waals surface area (Å²) in [6, 6.07) is 8.62. The molecule has 1 heterocycles. The van der Waals surface area contributed by atoms with Crippen LogP contribution in [0.4, 0.5) is 11.5 Å². The summed E-state index contributed by atoms with van der Waals surface area (Å²) in [6.07, 6.45) is 0.474. The van der Waals surface area contributed by atoms with Gasteiger partial charge in [0.05, 0.1) is 10.6 Å². The van der Waals surface area contributed by atoms with Gasteiger partial charge in [-0.2, -0.15) is 11.8 Å². The van der Waals surface area contributed by atoms with Gasteiger partial charge in [0.1, 0.15) is 11.9 Å². The maximum atomic E-state index is 11.3. The predicted molar refractivity (Wildman–Crippen MR) is 96.8 cm³/mol. The Hall–Kier alpha value is -2.68. The lowest BCUT2D eigenvalue weighted by molar-refractivity contribution is -0.384. The van der Waals surface area contributed by atoms with E-state index < -0.39 is 16.9 Å². The first-order chi connectivity index (χ1) is 12.0. The summed E-state index contributed by atoms with van der Waals surface area (Å²) in [5.74, 6) is 1.08. The van der Waals surface area contributed by atoms with Crippen LogP contribution in [0.1, 0.15) is 13.3 Å². The summed E-state index contributed by atoms with van der Waals surface area (Å²) in [5, 5.41) is 31.0. The Morgan fingerprint density at radius 2 is 2.16 bits per heavy atom. The molecule has 0 aliphatic rings. The molecule has 0 saturated carbocycles. The second kappa shape index (κ2) is 8.97. The standard InChI is InChI=1S/C16H18N4O4S/c1-2-25-9-8-14(16(21)22)17-15-7-6-13(18-19-15)11-4-3-5-12(10-11)20(23)24/h3-7,10,14H,2,8-9H2,1H3,(H,17,19)(H,21,22). The molecule has 9 heteroatoms. The number of non-ortho nitro benzene ring substituents is 1. The SMILES string of the molecule is CCSCCC(Nc1ccc(-c2cccc([N+](=O)[O-])c2)nn1)C(=O)O. The van der Waals surface area contributed by atoms with Gasteiger partial charge in [0, 0.05) is 17.7 Å². The van der Waals surface area contributed by atoms with Crippen molar-refractivity contribution in [1.82, 2.24) is 10.2 Å². The first-order valence-electron chi connectivity index (χ1n) is 7.67. The number of hydrogen-bond donors (Lipinski definition) is 2. The number of carbonyl (C=O) groups is 1. The molecule has 0 aliphatic heterocycles. The molecule has 25 heavy (non-hydrogen) atoms. The normalized spacial score (nSPS) is 11.7. The summed E-state index contributed by atoms with van der Waals surface area (Å²) in [7, 11) is 0. The van der Waals surface area contributed by atoms with E-state index in [2.05, 4.69) is 15.5 Å². The van der Waals surface area contributed by atoms with Crippen molar-refractivity contribution in [2.24, 2.45) is 0 Å². The first kappa shape index (κ1) is 18.7. The summed E-state index contributed by atoms with van der Waals surface area (Å²) < 4.78 is 0. The zero-order valence-electron chi connectivity index (χ0n) is 13.6. The Morgan fingerprint density at radius 1 is 1.36 bits per heavy atom. The number of nitro groups is 1. The van der Waals surface area contributed by atoms with Crippen molar-refractivity contribution in [2.45, 2.75) is 19.4 Å². The molecule has 1 aromatic heterocycles. The van der Waals surface area contributed by atoms with Crippen LogP contribution in [0.15, 0.2) is 36.4 Å². The Labute approximate surface area is 148 Å². The zero-order valence-corrected chi connectivity index (χ0v) is 14.4. The number of aromatic nitrogens is 2. The molecule has 2 N–H and O–H groups in total. The number of rotatable bonds is 9. The van der Waals surface area contributed by atoms with E-state index in [0.717, 1.165) is 11.5 Å². The third-order valence-corrected chi connectivity index (χ3v) is 4.33. The number of hydrogen-bond acceptors (Lipinski definition) is 7. The van der Waals surface area contributed by atoms with Gasteiger partial charge in [-0.05, 0) is 30.1 Å². The second-order valence-corrected chi connectivity index (χ2v) is 6.53. The first-order valence-corrected chi connectivity index (χ1v) is 8.82. The molecule has 132 valence electrons. The molecule has 1 unspecified atom stereocenters. The lowest BCUT2D eigenvalue weighted by Gasteiger charge is -2.14. The van der Waals surface area contributed by atoms with Crippen molar-refractivity contribution >= 4 is 29.2 Å². The van der Waals surface area contributed by atoms with E-state index in [-0.39, 0.29) is 5.69 Å². The fourth-order valence-electron chi connectivity index (χ4n) is 2.12. The van der Waals surface area contributed by atoms with Gasteiger partial charge in [0.15, 0.2) is 0 Å². The van der Waals surface area contributed by atoms with E-state index in [9.17, 15) is 20.0 Å². The Morgan fingerprint density at radius 3 is 2.76 bits per heavy atom. The maximum Gasteiger partial charge on any atom is 0.326 e. The summed E-state index contributed by atoms with van der Waals surface area (Å²) in [6.45, 7) is 2.02. The molecule has 0 spiro atoms. The highest BCUT2D eigenvalue weighted by Gasteiger charge is 2.17. The quantitative estimate of drug-likeness (QED) is 0.397. The second-order valence-electron chi connectivity index (χ2n) is 5.13. The molecule has 0 saturated heterocycles. The molecule has 2 aromatic rings. The average molecular weight is 362 g/mol. The summed E-state index contributed by atoms with van der Waals surface area (Å²) in [4.78, 5) is 21.7. The number of benzene rings is 1. The summed E-state index contributed by atoms with van der Waals surface area (Å²) in [5.41, 5.74) is 1.02. The lowest BCUT2D eigenvalue weighted by atomic mass is 10.1. The van der Waals surface area contributed by atoms with E-state index in [1.54, 1.807) is 36.0 Å². The van der Waals surface area contributed by atoms with Crippen LogP contribution < -0.4 is 5.32 Å². The average Bonchev–Trinajstić information content (AvgIpc) is 2.61. The third kappa shape index (κ3) is 5.42. The lowest BCUT2D eigenvalue weighted by Crippen LogP contribution is -2.30. The minimum absolute atomic E-state index is 0.0270. The van der Waals surface area contributed by atoms with Gasteiger partial charge in [0.25, 0.3) is 5.69 Å². The van der Waals surface area contributed by atoms with E-state index in [1.165, 1.54) is 12.1 Å². The molecule has 8 nitrogen and oxygen atoms in total. The minimum Gasteiger partial charge on any atom is -0.480 e. The van der Waals surface area contributed by atoms with Gasteiger partial charge in [-0.25, -0.2) is 4.79 Å². The largest absolute Gasteiger partial charge is 0.480 e. The van der Waals surface area contributed by atoms with Gasteiger partial charge in [0.2, 0.25) is 0 Å². The van der Waals surface area contributed by atoms with E-state index >= 15 is 0 Å². The van der Waals surface area contributed by atoms with Crippen molar-refractivity contribution in [3.63, 3.8) is 0 Å². The Balaban J connectivity index is 2.09. The van der Waals surface area contributed by atoms with Gasteiger partial charge < -0.3 is 10.4 Å². The molecule has 0 fully saturated rings. The highest BCUT2D eigenvalue weighted by atomic mass is 32.2. The number of carboxylic acids is 1. The number of nitrogens with zero attached hydrogens (tertiary/aromatic N) is 3.